The summed E-state index contributed by atoms with van der Waals surface area (Å²) < 4.78 is 10.6. The molecule has 0 fully saturated rings. The summed E-state index contributed by atoms with van der Waals surface area (Å²) in [4.78, 5) is 0. The van der Waals surface area contributed by atoms with Crippen LogP contribution in [0.3, 0.4) is 0 Å². The summed E-state index contributed by atoms with van der Waals surface area (Å²) >= 11 is 5.41. The molecule has 1 aromatic rings. The first-order valence-electron chi connectivity index (χ1n) is 4.62. The van der Waals surface area contributed by atoms with Gasteiger partial charge in [0.1, 0.15) is 6.07 Å². The van der Waals surface area contributed by atoms with Gasteiger partial charge >= 0.3 is 0 Å². The molecule has 1 atom stereocenters. The molecular weight excluding hydrogens is 200 g/mol. The van der Waals surface area contributed by atoms with Gasteiger partial charge in [-0.2, -0.15) is 0 Å². The van der Waals surface area contributed by atoms with Gasteiger partial charge in [0.25, 0.3) is 0 Å². The highest BCUT2D eigenvalue weighted by molar-refractivity contribution is 6.17. The van der Waals surface area contributed by atoms with Gasteiger partial charge in [-0.1, -0.05) is 41.9 Å². The number of halogens is 1. The molecule has 1 rings (SSSR count). The lowest BCUT2D eigenvalue weighted by Gasteiger charge is -2.11. The van der Waals surface area contributed by atoms with Crippen molar-refractivity contribution in [2.45, 2.75) is 19.6 Å². The van der Waals surface area contributed by atoms with Gasteiger partial charge in [0, 0.05) is 0 Å². The van der Waals surface area contributed by atoms with E-state index in [0.29, 0.717) is 13.2 Å². The van der Waals surface area contributed by atoms with E-state index in [1.165, 1.54) is 5.56 Å². The Labute approximate surface area is 89.8 Å². The maximum absolute atomic E-state index is 5.45. The molecule has 2 nitrogen and oxygen atoms in total. The van der Waals surface area contributed by atoms with Crippen molar-refractivity contribution in [2.24, 2.45) is 0 Å². The van der Waals surface area contributed by atoms with E-state index < -0.39 is 0 Å². The van der Waals surface area contributed by atoms with Gasteiger partial charge in [-0.15, -0.1) is 0 Å². The lowest BCUT2D eigenvalue weighted by molar-refractivity contribution is 0.00468. The molecule has 1 unspecified atom stereocenters. The molecule has 0 saturated carbocycles. The molecule has 0 aliphatic heterocycles. The van der Waals surface area contributed by atoms with E-state index in [4.69, 9.17) is 21.1 Å². The molecule has 3 heteroatoms. The van der Waals surface area contributed by atoms with Gasteiger partial charge < -0.3 is 9.47 Å². The largest absolute Gasteiger partial charge is 0.374 e. The molecule has 1 aromatic carbocycles. The minimum absolute atomic E-state index is 0.0520. The normalized spacial score (nSPS) is 12.7. The first-order valence-corrected chi connectivity index (χ1v) is 5.15. The van der Waals surface area contributed by atoms with E-state index in [0.717, 1.165) is 0 Å². The van der Waals surface area contributed by atoms with Crippen LogP contribution >= 0.6 is 11.6 Å². The molecular formula is C11H15ClO2. The van der Waals surface area contributed by atoms with E-state index in [2.05, 4.69) is 0 Å². The van der Waals surface area contributed by atoms with Crippen LogP contribution in [0.2, 0.25) is 0 Å². The Balaban J connectivity index is 2.16. The predicted molar refractivity (Wildman–Crippen MR) is 57.4 cm³/mol. The fraction of sp³-hybridized carbons (Fsp3) is 0.455. The van der Waals surface area contributed by atoms with E-state index >= 15 is 0 Å². The van der Waals surface area contributed by atoms with Crippen LogP contribution in [-0.4, -0.2) is 18.8 Å². The van der Waals surface area contributed by atoms with Crippen molar-refractivity contribution in [1.82, 2.24) is 0 Å². The third-order valence-electron chi connectivity index (χ3n) is 1.81. The molecule has 0 aliphatic carbocycles. The Bertz CT molecular complexity index is 238. The second-order valence-electron chi connectivity index (χ2n) is 3.09. The zero-order chi connectivity index (χ0) is 10.2. The van der Waals surface area contributed by atoms with E-state index in [1.54, 1.807) is 0 Å². The summed E-state index contributed by atoms with van der Waals surface area (Å²) in [6.07, 6.45) is 0.0520. The van der Waals surface area contributed by atoms with Crippen LogP contribution in [0.1, 0.15) is 12.5 Å². The number of hydrogen-bond donors (Lipinski definition) is 0. The van der Waals surface area contributed by atoms with E-state index in [9.17, 15) is 0 Å². The Morgan fingerprint density at radius 3 is 2.64 bits per heavy atom. The monoisotopic (exact) mass is 214 g/mol. The van der Waals surface area contributed by atoms with Gasteiger partial charge in [0.2, 0.25) is 0 Å². The minimum atomic E-state index is 0.0520. The average molecular weight is 215 g/mol. The van der Waals surface area contributed by atoms with Crippen LogP contribution in [0.4, 0.5) is 0 Å². The van der Waals surface area contributed by atoms with Crippen molar-refractivity contribution < 1.29 is 9.47 Å². The third-order valence-corrected chi connectivity index (χ3v) is 1.94. The summed E-state index contributed by atoms with van der Waals surface area (Å²) in [7, 11) is 0. The summed E-state index contributed by atoms with van der Waals surface area (Å²) in [5.74, 6) is 0. The standard InChI is InChI=1S/C11H15ClO2/c1-10(14-9-12)7-13-8-11-5-3-2-4-6-11/h2-6,10H,7-9H2,1H3. The number of benzene rings is 1. The van der Waals surface area contributed by atoms with Gasteiger partial charge in [-0.05, 0) is 12.5 Å². The maximum Gasteiger partial charge on any atom is 0.121 e. The molecule has 0 aromatic heterocycles. The van der Waals surface area contributed by atoms with Crippen molar-refractivity contribution in [3.63, 3.8) is 0 Å². The molecule has 0 amide bonds. The van der Waals surface area contributed by atoms with Crippen molar-refractivity contribution in [1.29, 1.82) is 0 Å². The average Bonchev–Trinajstić information content (AvgIpc) is 2.20. The maximum atomic E-state index is 5.45. The van der Waals surface area contributed by atoms with Crippen LogP contribution in [0.25, 0.3) is 0 Å². The highest BCUT2D eigenvalue weighted by Gasteiger charge is 2.00. The number of hydrogen-bond acceptors (Lipinski definition) is 2. The fourth-order valence-electron chi connectivity index (χ4n) is 1.07. The van der Waals surface area contributed by atoms with Gasteiger partial charge in [-0.3, -0.25) is 0 Å². The van der Waals surface area contributed by atoms with Gasteiger partial charge in [0.15, 0.2) is 0 Å². The third kappa shape index (κ3) is 4.61. The molecule has 78 valence electrons. The van der Waals surface area contributed by atoms with Crippen molar-refractivity contribution >= 4 is 11.6 Å². The first kappa shape index (κ1) is 11.5. The van der Waals surface area contributed by atoms with Crippen molar-refractivity contribution in [3.05, 3.63) is 35.9 Å². The summed E-state index contributed by atoms with van der Waals surface area (Å²) in [5.41, 5.74) is 1.17. The molecule has 0 N–H and O–H groups in total. The smallest absolute Gasteiger partial charge is 0.121 e. The van der Waals surface area contributed by atoms with Crippen LogP contribution in [0.15, 0.2) is 30.3 Å². The topological polar surface area (TPSA) is 18.5 Å². The molecule has 14 heavy (non-hydrogen) atoms. The van der Waals surface area contributed by atoms with Crippen LogP contribution in [0, 0.1) is 0 Å². The lowest BCUT2D eigenvalue weighted by Crippen LogP contribution is -2.15. The van der Waals surface area contributed by atoms with Crippen molar-refractivity contribution in [3.8, 4) is 0 Å². The van der Waals surface area contributed by atoms with Crippen LogP contribution in [-0.2, 0) is 16.1 Å². The lowest BCUT2D eigenvalue weighted by atomic mass is 10.2. The molecule has 0 radical (unpaired) electrons. The highest BCUT2D eigenvalue weighted by Crippen LogP contribution is 2.02. The summed E-state index contributed by atoms with van der Waals surface area (Å²) in [6.45, 7) is 3.13. The van der Waals surface area contributed by atoms with Crippen LogP contribution in [0.5, 0.6) is 0 Å². The summed E-state index contributed by atoms with van der Waals surface area (Å²) in [6, 6.07) is 10.3. The Morgan fingerprint density at radius 2 is 2.00 bits per heavy atom. The Morgan fingerprint density at radius 1 is 1.29 bits per heavy atom. The number of alkyl halides is 1. The highest BCUT2D eigenvalue weighted by atomic mass is 35.5. The van der Waals surface area contributed by atoms with E-state index in [1.807, 2.05) is 37.3 Å². The van der Waals surface area contributed by atoms with Gasteiger partial charge in [0.05, 0.1) is 19.3 Å². The predicted octanol–water partition coefficient (Wildman–Crippen LogP) is 2.80. The van der Waals surface area contributed by atoms with Gasteiger partial charge in [-0.25, -0.2) is 0 Å². The second kappa shape index (κ2) is 6.82. The van der Waals surface area contributed by atoms with Crippen molar-refractivity contribution in [2.75, 3.05) is 12.7 Å². The zero-order valence-corrected chi connectivity index (χ0v) is 9.04. The molecule has 0 bridgehead atoms. The Hall–Kier alpha value is -0.570. The molecule has 0 spiro atoms. The fourth-order valence-corrected chi connectivity index (χ4v) is 1.29. The molecule has 0 heterocycles. The minimum Gasteiger partial charge on any atom is -0.374 e. The molecule has 0 aliphatic rings. The second-order valence-corrected chi connectivity index (χ2v) is 3.31. The SMILES string of the molecule is CC(COCc1ccccc1)OCCl. The zero-order valence-electron chi connectivity index (χ0n) is 8.28. The van der Waals surface area contributed by atoms with Crippen LogP contribution < -0.4 is 0 Å². The first-order chi connectivity index (χ1) is 6.83. The quantitative estimate of drug-likeness (QED) is 0.678. The Kier molecular flexibility index (Phi) is 5.60. The number of ether oxygens (including phenoxy) is 2. The number of rotatable bonds is 6. The van der Waals surface area contributed by atoms with E-state index in [-0.39, 0.29) is 12.2 Å². The molecule has 0 saturated heterocycles. The summed E-state index contributed by atoms with van der Waals surface area (Å²) in [5, 5.41) is 0.